The fourth-order valence-electron chi connectivity index (χ4n) is 2.16. The van der Waals surface area contributed by atoms with Crippen molar-refractivity contribution >= 4 is 11.8 Å². The van der Waals surface area contributed by atoms with Gasteiger partial charge in [-0.05, 0) is 17.7 Å². The molecular formula is C11H21F3N2S. The van der Waals surface area contributed by atoms with Gasteiger partial charge in [0, 0.05) is 38.0 Å². The summed E-state index contributed by atoms with van der Waals surface area (Å²) >= 11 is 0.0865. The summed E-state index contributed by atoms with van der Waals surface area (Å²) in [5, 5.41) is 3.32. The Morgan fingerprint density at radius 3 is 2.76 bits per heavy atom. The Kier molecular flexibility index (Phi) is 6.09. The Labute approximate surface area is 105 Å². The molecule has 2 atom stereocenters. The number of hydrogen-bond acceptors (Lipinski definition) is 3. The van der Waals surface area contributed by atoms with E-state index >= 15 is 0 Å². The number of rotatable bonds is 5. The highest BCUT2D eigenvalue weighted by Crippen LogP contribution is 2.30. The molecule has 17 heavy (non-hydrogen) atoms. The Balaban J connectivity index is 2.38. The van der Waals surface area contributed by atoms with Crippen molar-refractivity contribution in [2.24, 2.45) is 5.92 Å². The van der Waals surface area contributed by atoms with Crippen LogP contribution in [-0.2, 0) is 0 Å². The van der Waals surface area contributed by atoms with Crippen LogP contribution in [0.1, 0.15) is 20.3 Å². The molecule has 6 heteroatoms. The van der Waals surface area contributed by atoms with Crippen LogP contribution in [0.5, 0.6) is 0 Å². The first-order chi connectivity index (χ1) is 7.94. The van der Waals surface area contributed by atoms with Crippen molar-refractivity contribution in [1.82, 2.24) is 10.2 Å². The molecule has 0 aliphatic carbocycles. The normalized spacial score (nSPS) is 24.9. The van der Waals surface area contributed by atoms with Gasteiger partial charge in [-0.2, -0.15) is 13.2 Å². The second kappa shape index (κ2) is 6.85. The van der Waals surface area contributed by atoms with Gasteiger partial charge in [0.2, 0.25) is 0 Å². The minimum absolute atomic E-state index is 0.0865. The number of nitrogens with one attached hydrogen (secondary N) is 1. The molecule has 0 radical (unpaired) electrons. The van der Waals surface area contributed by atoms with Gasteiger partial charge in [-0.25, -0.2) is 0 Å². The molecule has 0 aromatic rings. The number of piperazine rings is 1. The zero-order valence-corrected chi connectivity index (χ0v) is 11.2. The fourth-order valence-corrected chi connectivity index (χ4v) is 2.71. The van der Waals surface area contributed by atoms with Gasteiger partial charge >= 0.3 is 5.51 Å². The maximum Gasteiger partial charge on any atom is 0.441 e. The summed E-state index contributed by atoms with van der Waals surface area (Å²) in [7, 11) is 0. The van der Waals surface area contributed by atoms with Crippen LogP contribution in [-0.4, -0.2) is 48.4 Å². The number of nitrogens with zero attached hydrogens (tertiary/aromatic N) is 1. The van der Waals surface area contributed by atoms with Crippen molar-refractivity contribution in [2.75, 3.05) is 31.9 Å². The molecule has 2 unspecified atom stereocenters. The second-order valence-corrected chi connectivity index (χ2v) is 5.65. The Hall–Kier alpha value is 0.0600. The molecule has 2 nitrogen and oxygen atoms in total. The lowest BCUT2D eigenvalue weighted by atomic mass is 9.96. The maximum absolute atomic E-state index is 12.1. The van der Waals surface area contributed by atoms with Crippen LogP contribution >= 0.6 is 11.8 Å². The highest BCUT2D eigenvalue weighted by Gasteiger charge is 2.30. The van der Waals surface area contributed by atoms with Gasteiger partial charge in [-0.1, -0.05) is 20.3 Å². The number of thioether (sulfide) groups is 1. The topological polar surface area (TPSA) is 15.3 Å². The molecule has 1 aliphatic rings. The van der Waals surface area contributed by atoms with E-state index in [-0.39, 0.29) is 17.5 Å². The molecule has 0 saturated carbocycles. The van der Waals surface area contributed by atoms with Gasteiger partial charge in [0.05, 0.1) is 0 Å². The van der Waals surface area contributed by atoms with Crippen LogP contribution in [0.2, 0.25) is 0 Å². The van der Waals surface area contributed by atoms with E-state index in [1.54, 1.807) is 0 Å². The van der Waals surface area contributed by atoms with Crippen molar-refractivity contribution < 1.29 is 13.2 Å². The lowest BCUT2D eigenvalue weighted by Gasteiger charge is -2.39. The third kappa shape index (κ3) is 5.48. The molecule has 1 aliphatic heterocycles. The summed E-state index contributed by atoms with van der Waals surface area (Å²) in [5.41, 5.74) is -4.10. The van der Waals surface area contributed by atoms with E-state index < -0.39 is 5.51 Å². The molecule has 0 aromatic heterocycles. The Morgan fingerprint density at radius 1 is 1.47 bits per heavy atom. The molecule has 1 saturated heterocycles. The van der Waals surface area contributed by atoms with E-state index in [2.05, 4.69) is 24.1 Å². The van der Waals surface area contributed by atoms with Crippen molar-refractivity contribution in [2.45, 2.75) is 31.8 Å². The van der Waals surface area contributed by atoms with Gasteiger partial charge in [0.1, 0.15) is 0 Å². The summed E-state index contributed by atoms with van der Waals surface area (Å²) in [5.74, 6) is 0.662. The van der Waals surface area contributed by atoms with E-state index in [1.807, 2.05) is 0 Å². The number of halogens is 3. The summed E-state index contributed by atoms with van der Waals surface area (Å²) < 4.78 is 36.2. The molecule has 1 rings (SSSR count). The summed E-state index contributed by atoms with van der Waals surface area (Å²) in [6.45, 7) is 7.45. The molecule has 0 spiro atoms. The zero-order valence-electron chi connectivity index (χ0n) is 10.4. The highest BCUT2D eigenvalue weighted by molar-refractivity contribution is 8.00. The lowest BCUT2D eigenvalue weighted by Crippen LogP contribution is -2.54. The number of hydrogen-bond donors (Lipinski definition) is 1. The van der Waals surface area contributed by atoms with E-state index in [0.29, 0.717) is 18.5 Å². The van der Waals surface area contributed by atoms with Crippen molar-refractivity contribution in [3.05, 3.63) is 0 Å². The van der Waals surface area contributed by atoms with Crippen molar-refractivity contribution in [1.29, 1.82) is 0 Å². The Bertz CT molecular complexity index is 223. The van der Waals surface area contributed by atoms with E-state index in [4.69, 9.17) is 0 Å². The van der Waals surface area contributed by atoms with Crippen LogP contribution in [0.3, 0.4) is 0 Å². The molecule has 1 heterocycles. The van der Waals surface area contributed by atoms with Gasteiger partial charge in [0.15, 0.2) is 0 Å². The summed E-state index contributed by atoms with van der Waals surface area (Å²) in [6, 6.07) is 0.377. The van der Waals surface area contributed by atoms with Crippen molar-refractivity contribution in [3.8, 4) is 0 Å². The van der Waals surface area contributed by atoms with Crippen LogP contribution in [0, 0.1) is 5.92 Å². The first-order valence-electron chi connectivity index (χ1n) is 6.09. The third-order valence-electron chi connectivity index (χ3n) is 3.34. The first kappa shape index (κ1) is 15.1. The van der Waals surface area contributed by atoms with Gasteiger partial charge in [-0.15, -0.1) is 0 Å². The average molecular weight is 270 g/mol. The highest BCUT2D eigenvalue weighted by atomic mass is 32.2. The second-order valence-electron chi connectivity index (χ2n) is 4.49. The van der Waals surface area contributed by atoms with E-state index in [1.165, 1.54) is 0 Å². The van der Waals surface area contributed by atoms with Crippen LogP contribution in [0.25, 0.3) is 0 Å². The third-order valence-corrected chi connectivity index (χ3v) is 4.06. The molecule has 1 N–H and O–H groups in total. The van der Waals surface area contributed by atoms with E-state index in [0.717, 1.165) is 26.1 Å². The predicted octanol–water partition coefficient (Wildman–Crippen LogP) is 2.56. The fraction of sp³-hybridized carbons (Fsp3) is 1.00. The lowest BCUT2D eigenvalue weighted by molar-refractivity contribution is -0.0329. The largest absolute Gasteiger partial charge is 0.441 e. The smallest absolute Gasteiger partial charge is 0.314 e. The summed E-state index contributed by atoms with van der Waals surface area (Å²) in [6.07, 6.45) is 1.06. The molecule has 102 valence electrons. The SMILES string of the molecule is CCC(C)C1CNCCN1CCSC(F)(F)F. The number of alkyl halides is 3. The zero-order chi connectivity index (χ0) is 12.9. The van der Waals surface area contributed by atoms with Crippen LogP contribution < -0.4 is 5.32 Å². The quantitative estimate of drug-likeness (QED) is 0.826. The standard InChI is InChI=1S/C11H21F3N2S/c1-3-9(2)10-8-15-4-5-16(10)6-7-17-11(12,13)14/h9-10,15H,3-8H2,1-2H3. The first-order valence-corrected chi connectivity index (χ1v) is 7.08. The van der Waals surface area contributed by atoms with Crippen molar-refractivity contribution in [3.63, 3.8) is 0 Å². The Morgan fingerprint density at radius 2 is 2.18 bits per heavy atom. The average Bonchev–Trinajstić information content (AvgIpc) is 2.27. The maximum atomic E-state index is 12.1. The van der Waals surface area contributed by atoms with Crippen LogP contribution in [0.4, 0.5) is 13.2 Å². The molecule has 1 fully saturated rings. The van der Waals surface area contributed by atoms with Gasteiger partial charge < -0.3 is 5.32 Å². The molecule has 0 aromatic carbocycles. The van der Waals surface area contributed by atoms with E-state index in [9.17, 15) is 13.2 Å². The summed E-state index contributed by atoms with van der Waals surface area (Å²) in [4.78, 5) is 2.20. The minimum atomic E-state index is -4.10. The molecule has 0 bridgehead atoms. The molecular weight excluding hydrogens is 249 g/mol. The monoisotopic (exact) mass is 270 g/mol. The molecule has 0 amide bonds. The van der Waals surface area contributed by atoms with Crippen LogP contribution in [0.15, 0.2) is 0 Å². The van der Waals surface area contributed by atoms with Gasteiger partial charge in [-0.3, -0.25) is 4.90 Å². The minimum Gasteiger partial charge on any atom is -0.314 e. The predicted molar refractivity (Wildman–Crippen MR) is 66.2 cm³/mol. The van der Waals surface area contributed by atoms with Gasteiger partial charge in [0.25, 0.3) is 0 Å².